The van der Waals surface area contributed by atoms with E-state index in [0.717, 1.165) is 0 Å². The second-order valence-electron chi connectivity index (χ2n) is 6.33. The molecule has 0 saturated carbocycles. The fourth-order valence-corrected chi connectivity index (χ4v) is 3.01. The first-order valence-corrected chi connectivity index (χ1v) is 8.95. The maximum Gasteiger partial charge on any atom is 0.338 e. The highest BCUT2D eigenvalue weighted by Crippen LogP contribution is 2.30. The third-order valence-corrected chi connectivity index (χ3v) is 4.48. The van der Waals surface area contributed by atoms with Crippen LogP contribution in [-0.4, -0.2) is 50.3 Å². The topological polar surface area (TPSA) is 108 Å². The molecule has 0 bridgehead atoms. The predicted octanol–water partition coefficient (Wildman–Crippen LogP) is 2.58. The Hall–Kier alpha value is -3.46. The number of anilines is 1. The second-order valence-corrected chi connectivity index (χ2v) is 6.33. The van der Waals surface area contributed by atoms with Gasteiger partial charge in [0.25, 0.3) is 5.69 Å². The van der Waals surface area contributed by atoms with Crippen LogP contribution in [0, 0.1) is 10.1 Å². The molecule has 1 heterocycles. The molecule has 2 aromatic rings. The van der Waals surface area contributed by atoms with E-state index in [4.69, 9.17) is 9.47 Å². The molecule has 0 aliphatic carbocycles. The number of carbonyl (C=O) groups is 2. The van der Waals surface area contributed by atoms with Crippen LogP contribution in [0.1, 0.15) is 26.3 Å². The monoisotopic (exact) mass is 400 g/mol. The van der Waals surface area contributed by atoms with Gasteiger partial charge in [0.1, 0.15) is 12.3 Å². The molecule has 1 aliphatic rings. The zero-order valence-electron chi connectivity index (χ0n) is 15.8. The van der Waals surface area contributed by atoms with E-state index in [1.54, 1.807) is 30.3 Å². The Balaban J connectivity index is 1.73. The average Bonchev–Trinajstić information content (AvgIpc) is 2.77. The van der Waals surface area contributed by atoms with Gasteiger partial charge in [0, 0.05) is 19.2 Å². The lowest BCUT2D eigenvalue weighted by molar-refractivity contribution is -0.384. The van der Waals surface area contributed by atoms with Gasteiger partial charge in [0.05, 0.1) is 36.4 Å². The summed E-state index contributed by atoms with van der Waals surface area (Å²) in [5.74, 6) is -1.18. The molecule has 0 atom stereocenters. The van der Waals surface area contributed by atoms with E-state index in [9.17, 15) is 19.7 Å². The van der Waals surface area contributed by atoms with E-state index >= 15 is 0 Å². The van der Waals surface area contributed by atoms with Crippen LogP contribution in [0.2, 0.25) is 0 Å². The van der Waals surface area contributed by atoms with Crippen molar-refractivity contribution in [2.45, 2.75) is 6.61 Å². The number of carbonyl (C=O) groups excluding carboxylic acids is 2. The first-order valence-electron chi connectivity index (χ1n) is 8.95. The number of nitro groups is 1. The summed E-state index contributed by atoms with van der Waals surface area (Å²) in [7, 11) is 1.28. The molecule has 0 N–H and O–H groups in total. The molecular formula is C20H20N2O7. The Morgan fingerprint density at radius 3 is 2.52 bits per heavy atom. The molecule has 3 rings (SSSR count). The Bertz CT molecular complexity index is 923. The average molecular weight is 400 g/mol. The van der Waals surface area contributed by atoms with Gasteiger partial charge >= 0.3 is 11.9 Å². The molecule has 1 fully saturated rings. The van der Waals surface area contributed by atoms with Crippen molar-refractivity contribution < 1.29 is 28.7 Å². The Morgan fingerprint density at radius 2 is 1.83 bits per heavy atom. The number of esters is 2. The van der Waals surface area contributed by atoms with Gasteiger partial charge in [-0.15, -0.1) is 0 Å². The largest absolute Gasteiger partial charge is 0.465 e. The van der Waals surface area contributed by atoms with E-state index < -0.39 is 16.9 Å². The number of hydrogen-bond acceptors (Lipinski definition) is 8. The van der Waals surface area contributed by atoms with E-state index in [-0.39, 0.29) is 17.9 Å². The Morgan fingerprint density at radius 1 is 1.10 bits per heavy atom. The third kappa shape index (κ3) is 4.88. The number of methoxy groups -OCH3 is 1. The van der Waals surface area contributed by atoms with Crippen LogP contribution < -0.4 is 4.90 Å². The summed E-state index contributed by atoms with van der Waals surface area (Å²) < 4.78 is 15.2. The van der Waals surface area contributed by atoms with Gasteiger partial charge in [-0.2, -0.15) is 0 Å². The molecule has 0 amide bonds. The Kier molecular flexibility index (Phi) is 6.40. The van der Waals surface area contributed by atoms with Crippen LogP contribution in [0.15, 0.2) is 42.5 Å². The maximum absolute atomic E-state index is 12.4. The van der Waals surface area contributed by atoms with Crippen molar-refractivity contribution in [1.82, 2.24) is 0 Å². The first-order chi connectivity index (χ1) is 14.0. The van der Waals surface area contributed by atoms with E-state index in [1.807, 2.05) is 4.90 Å². The minimum atomic E-state index is -0.690. The van der Waals surface area contributed by atoms with Gasteiger partial charge in [-0.25, -0.2) is 9.59 Å². The maximum atomic E-state index is 12.4. The highest BCUT2D eigenvalue weighted by atomic mass is 16.6. The number of rotatable bonds is 6. The molecule has 9 heteroatoms. The van der Waals surface area contributed by atoms with Crippen LogP contribution in [-0.2, 0) is 20.8 Å². The highest BCUT2D eigenvalue weighted by Gasteiger charge is 2.23. The highest BCUT2D eigenvalue weighted by molar-refractivity contribution is 5.91. The van der Waals surface area contributed by atoms with Gasteiger partial charge in [-0.1, -0.05) is 12.1 Å². The summed E-state index contributed by atoms with van der Waals surface area (Å²) in [6.45, 7) is 1.99. The quantitative estimate of drug-likeness (QED) is 0.414. The Labute approximate surface area is 166 Å². The minimum absolute atomic E-state index is 0.0807. The minimum Gasteiger partial charge on any atom is -0.465 e. The molecule has 1 aliphatic heterocycles. The van der Waals surface area contributed by atoms with Gasteiger partial charge in [-0.05, 0) is 29.8 Å². The molecule has 29 heavy (non-hydrogen) atoms. The third-order valence-electron chi connectivity index (χ3n) is 4.48. The zero-order valence-corrected chi connectivity index (χ0v) is 15.8. The molecule has 1 saturated heterocycles. The van der Waals surface area contributed by atoms with Crippen LogP contribution in [0.4, 0.5) is 11.4 Å². The van der Waals surface area contributed by atoms with Crippen molar-refractivity contribution >= 4 is 23.3 Å². The van der Waals surface area contributed by atoms with Crippen LogP contribution in [0.3, 0.4) is 0 Å². The molecule has 0 radical (unpaired) electrons. The van der Waals surface area contributed by atoms with Crippen molar-refractivity contribution in [3.63, 3.8) is 0 Å². The fraction of sp³-hybridized carbons (Fsp3) is 0.300. The number of benzene rings is 2. The summed E-state index contributed by atoms with van der Waals surface area (Å²) in [5.41, 5.74) is 1.31. The van der Waals surface area contributed by atoms with Gasteiger partial charge in [0.2, 0.25) is 0 Å². The molecule has 9 nitrogen and oxygen atoms in total. The molecule has 0 aromatic heterocycles. The smallest absolute Gasteiger partial charge is 0.338 e. The van der Waals surface area contributed by atoms with E-state index in [0.29, 0.717) is 43.1 Å². The SMILES string of the molecule is COC(=O)c1cccc(COC(=O)c2ccc(N3CCOCC3)c([N+](=O)[O-])c2)c1. The first kappa shape index (κ1) is 20.3. The summed E-state index contributed by atoms with van der Waals surface area (Å²) in [6, 6.07) is 10.8. The lowest BCUT2D eigenvalue weighted by Gasteiger charge is -2.28. The summed E-state index contributed by atoms with van der Waals surface area (Å²) >= 11 is 0. The van der Waals surface area contributed by atoms with Gasteiger partial charge in [0.15, 0.2) is 0 Å². The van der Waals surface area contributed by atoms with Crippen molar-refractivity contribution in [1.29, 1.82) is 0 Å². The normalized spacial score (nSPS) is 13.6. The second kappa shape index (κ2) is 9.16. The molecule has 0 unspecified atom stereocenters. The van der Waals surface area contributed by atoms with E-state index in [1.165, 1.54) is 19.2 Å². The van der Waals surface area contributed by atoms with Crippen LogP contribution in [0.5, 0.6) is 0 Å². The summed E-state index contributed by atoms with van der Waals surface area (Å²) in [6.07, 6.45) is 0. The number of morpholine rings is 1. The molecule has 152 valence electrons. The van der Waals surface area contributed by atoms with Gasteiger partial charge < -0.3 is 19.1 Å². The van der Waals surface area contributed by atoms with Crippen molar-refractivity contribution in [2.75, 3.05) is 38.3 Å². The lowest BCUT2D eigenvalue weighted by atomic mass is 10.1. The lowest BCUT2D eigenvalue weighted by Crippen LogP contribution is -2.36. The van der Waals surface area contributed by atoms with Crippen molar-refractivity contribution in [2.24, 2.45) is 0 Å². The molecule has 0 spiro atoms. The number of nitro benzene ring substituents is 1. The number of nitrogens with zero attached hydrogens (tertiary/aromatic N) is 2. The van der Waals surface area contributed by atoms with Crippen molar-refractivity contribution in [3.8, 4) is 0 Å². The van der Waals surface area contributed by atoms with Crippen LogP contribution >= 0.6 is 0 Å². The number of ether oxygens (including phenoxy) is 3. The van der Waals surface area contributed by atoms with E-state index in [2.05, 4.69) is 4.74 Å². The summed E-state index contributed by atoms with van der Waals surface area (Å²) in [5, 5.41) is 11.5. The summed E-state index contributed by atoms with van der Waals surface area (Å²) in [4.78, 5) is 36.8. The van der Waals surface area contributed by atoms with Gasteiger partial charge in [-0.3, -0.25) is 10.1 Å². The number of hydrogen-bond donors (Lipinski definition) is 0. The molecular weight excluding hydrogens is 380 g/mol. The fourth-order valence-electron chi connectivity index (χ4n) is 3.01. The zero-order chi connectivity index (χ0) is 20.8. The standard InChI is InChI=1S/C20H20N2O7/c1-27-19(23)15-4-2-3-14(11-15)13-29-20(24)16-5-6-17(18(12-16)22(25)26)21-7-9-28-10-8-21/h2-6,11-12H,7-10,13H2,1H3. The van der Waals surface area contributed by atoms with Crippen molar-refractivity contribution in [3.05, 3.63) is 69.3 Å². The van der Waals surface area contributed by atoms with Crippen LogP contribution in [0.25, 0.3) is 0 Å². The molecule has 2 aromatic carbocycles. The predicted molar refractivity (Wildman–Crippen MR) is 103 cm³/mol.